The Morgan fingerprint density at radius 3 is 2.55 bits per heavy atom. The number of aromatic amines is 1. The second kappa shape index (κ2) is 7.97. The molecular formula is C21H19FN5O2+. The Hall–Kier alpha value is -3.94. The molecule has 0 aliphatic carbocycles. The number of nitrogens with zero attached hydrogens (tertiary/aromatic N) is 2. The molecule has 146 valence electrons. The summed E-state index contributed by atoms with van der Waals surface area (Å²) in [6, 6.07) is 15.9. The van der Waals surface area contributed by atoms with Crippen molar-refractivity contribution in [1.82, 2.24) is 10.1 Å². The molecule has 8 heteroatoms. The first kappa shape index (κ1) is 18.4. The number of anilines is 2. The largest absolute Gasteiger partial charge is 0.487 e. The van der Waals surface area contributed by atoms with Crippen molar-refractivity contribution in [2.45, 2.75) is 13.0 Å². The molecule has 4 rings (SSSR count). The van der Waals surface area contributed by atoms with Gasteiger partial charge in [-0.3, -0.25) is 4.98 Å². The molecule has 3 aromatic heterocycles. The fraction of sp³-hybridized carbons (Fsp3) is 0.0952. The third-order valence-corrected chi connectivity index (χ3v) is 4.31. The SMILES string of the molecule is Nc1ccc(-c2cc(Cc3ccc(OCc4ccc(F)cn4)cc3)no2)c(N)[nH+]1. The van der Waals surface area contributed by atoms with E-state index in [-0.39, 0.29) is 12.4 Å². The summed E-state index contributed by atoms with van der Waals surface area (Å²) in [5.41, 5.74) is 14.8. The Morgan fingerprint density at radius 2 is 1.83 bits per heavy atom. The van der Waals surface area contributed by atoms with Crippen LogP contribution in [0.3, 0.4) is 0 Å². The smallest absolute Gasteiger partial charge is 0.228 e. The van der Waals surface area contributed by atoms with Crippen LogP contribution in [0.4, 0.5) is 16.0 Å². The van der Waals surface area contributed by atoms with E-state index >= 15 is 0 Å². The Balaban J connectivity index is 1.39. The quantitative estimate of drug-likeness (QED) is 0.521. The number of halogens is 1. The highest BCUT2D eigenvalue weighted by atomic mass is 19.1. The standard InChI is InChI=1S/C21H18FN5O2/c22-14-3-4-15(25-11-14)12-28-17-5-1-13(2-6-17)9-16-10-19(29-27-16)18-7-8-20(23)26-21(18)24/h1-8,10-11H,9,12H2,(H4,23,24,26)/p+1. The van der Waals surface area contributed by atoms with Crippen molar-refractivity contribution in [1.29, 1.82) is 0 Å². The van der Waals surface area contributed by atoms with Crippen molar-refractivity contribution < 1.29 is 18.6 Å². The van der Waals surface area contributed by atoms with Gasteiger partial charge in [0.05, 0.1) is 23.1 Å². The molecule has 0 fully saturated rings. The Bertz CT molecular complexity index is 1110. The summed E-state index contributed by atoms with van der Waals surface area (Å²) < 4.78 is 24.0. The zero-order valence-corrected chi connectivity index (χ0v) is 15.4. The van der Waals surface area contributed by atoms with E-state index in [4.69, 9.17) is 20.7 Å². The maximum Gasteiger partial charge on any atom is 0.228 e. The average Bonchev–Trinajstić information content (AvgIpc) is 3.17. The molecule has 29 heavy (non-hydrogen) atoms. The molecule has 0 aliphatic rings. The monoisotopic (exact) mass is 392 g/mol. The van der Waals surface area contributed by atoms with Crippen LogP contribution in [0.25, 0.3) is 11.3 Å². The van der Waals surface area contributed by atoms with E-state index in [0.717, 1.165) is 11.3 Å². The van der Waals surface area contributed by atoms with Crippen LogP contribution in [0.15, 0.2) is 65.3 Å². The molecule has 0 aliphatic heterocycles. The number of rotatable bonds is 6. The highest BCUT2D eigenvalue weighted by Crippen LogP contribution is 2.25. The van der Waals surface area contributed by atoms with Gasteiger partial charge in [-0.15, -0.1) is 0 Å². The first-order chi connectivity index (χ1) is 14.1. The van der Waals surface area contributed by atoms with Crippen molar-refractivity contribution in [2.24, 2.45) is 0 Å². The van der Waals surface area contributed by atoms with Gasteiger partial charge in [-0.05, 0) is 35.9 Å². The van der Waals surface area contributed by atoms with E-state index in [2.05, 4.69) is 15.1 Å². The number of nitrogen functional groups attached to an aromatic ring is 2. The van der Waals surface area contributed by atoms with Crippen LogP contribution >= 0.6 is 0 Å². The van der Waals surface area contributed by atoms with Crippen LogP contribution in [0, 0.1) is 5.82 Å². The molecule has 0 radical (unpaired) electrons. The van der Waals surface area contributed by atoms with Gasteiger partial charge in [0.15, 0.2) is 5.76 Å². The summed E-state index contributed by atoms with van der Waals surface area (Å²) in [4.78, 5) is 6.83. The average molecular weight is 392 g/mol. The molecule has 4 aromatic rings. The minimum Gasteiger partial charge on any atom is -0.487 e. The van der Waals surface area contributed by atoms with Crippen molar-refractivity contribution in [3.63, 3.8) is 0 Å². The zero-order valence-electron chi connectivity index (χ0n) is 15.4. The second-order valence-corrected chi connectivity index (χ2v) is 6.50. The lowest BCUT2D eigenvalue weighted by Crippen LogP contribution is -2.16. The lowest BCUT2D eigenvalue weighted by Gasteiger charge is -2.06. The fourth-order valence-corrected chi connectivity index (χ4v) is 2.83. The van der Waals surface area contributed by atoms with E-state index < -0.39 is 0 Å². The first-order valence-electron chi connectivity index (χ1n) is 8.92. The predicted molar refractivity (Wildman–Crippen MR) is 105 cm³/mol. The van der Waals surface area contributed by atoms with Gasteiger partial charge in [-0.1, -0.05) is 17.3 Å². The van der Waals surface area contributed by atoms with Gasteiger partial charge >= 0.3 is 0 Å². The van der Waals surface area contributed by atoms with Gasteiger partial charge in [0.25, 0.3) is 0 Å². The summed E-state index contributed by atoms with van der Waals surface area (Å²) in [5, 5.41) is 4.11. The molecule has 0 atom stereocenters. The van der Waals surface area contributed by atoms with Crippen LogP contribution in [0.2, 0.25) is 0 Å². The molecule has 3 heterocycles. The molecular weight excluding hydrogens is 373 g/mol. The first-order valence-corrected chi connectivity index (χ1v) is 8.92. The van der Waals surface area contributed by atoms with Crippen molar-refractivity contribution in [3.05, 3.63) is 83.6 Å². The number of hydrogen-bond acceptors (Lipinski definition) is 6. The van der Waals surface area contributed by atoms with Crippen LogP contribution in [0.5, 0.6) is 5.75 Å². The van der Waals surface area contributed by atoms with Crippen LogP contribution in [0.1, 0.15) is 17.0 Å². The minimum absolute atomic E-state index is 0.270. The summed E-state index contributed by atoms with van der Waals surface area (Å²) in [6.45, 7) is 0.270. The maximum atomic E-state index is 12.9. The van der Waals surface area contributed by atoms with E-state index in [1.165, 1.54) is 12.3 Å². The third-order valence-electron chi connectivity index (χ3n) is 4.31. The number of hydrogen-bond donors (Lipinski definition) is 2. The minimum atomic E-state index is -0.369. The van der Waals surface area contributed by atoms with Gasteiger partial charge in [0.1, 0.15) is 18.2 Å². The van der Waals surface area contributed by atoms with Crippen LogP contribution in [-0.4, -0.2) is 10.1 Å². The molecule has 5 N–H and O–H groups in total. The molecule has 0 saturated heterocycles. The number of benzene rings is 1. The Kier molecular flexibility index (Phi) is 5.07. The van der Waals surface area contributed by atoms with Crippen LogP contribution in [-0.2, 0) is 13.0 Å². The number of pyridine rings is 2. The summed E-state index contributed by atoms with van der Waals surface area (Å²) in [5.74, 6) is 1.80. The number of nitrogens with one attached hydrogen (secondary N) is 1. The molecule has 0 spiro atoms. The number of aromatic nitrogens is 3. The zero-order chi connectivity index (χ0) is 20.2. The molecule has 0 unspecified atom stereocenters. The van der Waals surface area contributed by atoms with E-state index in [9.17, 15) is 4.39 Å². The van der Waals surface area contributed by atoms with E-state index in [0.29, 0.717) is 40.8 Å². The molecule has 1 aromatic carbocycles. The van der Waals surface area contributed by atoms with Gasteiger partial charge in [-0.25, -0.2) is 9.37 Å². The maximum absolute atomic E-state index is 12.9. The van der Waals surface area contributed by atoms with E-state index in [1.807, 2.05) is 30.3 Å². The van der Waals surface area contributed by atoms with Crippen molar-refractivity contribution >= 4 is 11.6 Å². The lowest BCUT2D eigenvalue weighted by atomic mass is 10.1. The highest BCUT2D eigenvalue weighted by molar-refractivity contribution is 5.68. The van der Waals surface area contributed by atoms with Gasteiger partial charge in [-0.2, -0.15) is 0 Å². The summed E-state index contributed by atoms with van der Waals surface area (Å²) >= 11 is 0. The molecule has 7 nitrogen and oxygen atoms in total. The van der Waals surface area contributed by atoms with E-state index in [1.54, 1.807) is 18.2 Å². The van der Waals surface area contributed by atoms with Gasteiger partial charge < -0.3 is 20.7 Å². The second-order valence-electron chi connectivity index (χ2n) is 6.50. The Labute approximate surface area is 166 Å². The summed E-state index contributed by atoms with van der Waals surface area (Å²) in [6.07, 6.45) is 1.77. The van der Waals surface area contributed by atoms with Gasteiger partial charge in [0, 0.05) is 18.6 Å². The molecule has 0 saturated carbocycles. The van der Waals surface area contributed by atoms with Crippen molar-refractivity contribution in [2.75, 3.05) is 11.5 Å². The number of nitrogens with two attached hydrogens (primary N) is 2. The lowest BCUT2D eigenvalue weighted by molar-refractivity contribution is -0.341. The van der Waals surface area contributed by atoms with Crippen molar-refractivity contribution in [3.8, 4) is 17.1 Å². The molecule has 0 amide bonds. The number of H-pyrrole nitrogens is 1. The van der Waals surface area contributed by atoms with Gasteiger partial charge in [0.2, 0.25) is 11.6 Å². The molecule has 0 bridgehead atoms. The number of ether oxygens (including phenoxy) is 1. The summed E-state index contributed by atoms with van der Waals surface area (Å²) in [7, 11) is 0. The normalized spacial score (nSPS) is 10.8. The fourth-order valence-electron chi connectivity index (χ4n) is 2.83. The Morgan fingerprint density at radius 1 is 1.00 bits per heavy atom. The highest BCUT2D eigenvalue weighted by Gasteiger charge is 2.13. The third kappa shape index (κ3) is 4.49. The van der Waals surface area contributed by atoms with Crippen LogP contribution < -0.4 is 21.2 Å². The topological polar surface area (TPSA) is 114 Å². The predicted octanol–water partition coefficient (Wildman–Crippen LogP) is 3.02.